The summed E-state index contributed by atoms with van der Waals surface area (Å²) in [5.74, 6) is 0. The van der Waals surface area contributed by atoms with Gasteiger partial charge in [0.15, 0.2) is 0 Å². The maximum atomic E-state index is 9.11. The lowest BCUT2D eigenvalue weighted by atomic mass is 10.3. The van der Waals surface area contributed by atoms with Gasteiger partial charge in [-0.1, -0.05) is 0 Å². The Morgan fingerprint density at radius 1 is 1.18 bits per heavy atom. The molecule has 1 unspecified atom stereocenters. The Labute approximate surface area is 103 Å². The maximum Gasteiger partial charge on any atom is 0.0701 e. The molecule has 0 amide bonds. The van der Waals surface area contributed by atoms with E-state index in [-0.39, 0.29) is 12.6 Å². The molecule has 1 saturated carbocycles. The molecule has 2 N–H and O–H groups in total. The predicted molar refractivity (Wildman–Crippen MR) is 65.2 cm³/mol. The molecule has 1 rings (SSSR count). The number of aliphatic hydroxyl groups excluding tert-OH is 1. The molecule has 1 atom stereocenters. The van der Waals surface area contributed by atoms with Gasteiger partial charge in [-0.05, 0) is 19.3 Å². The SMILES string of the molecule is COCCCOCCOCC(CO)NC1CC1. The summed E-state index contributed by atoms with van der Waals surface area (Å²) in [6.45, 7) is 3.31. The van der Waals surface area contributed by atoms with Gasteiger partial charge in [0.2, 0.25) is 0 Å². The minimum absolute atomic E-state index is 0.0657. The number of hydrogen-bond acceptors (Lipinski definition) is 5. The van der Waals surface area contributed by atoms with Crippen LogP contribution < -0.4 is 5.32 Å². The average molecular weight is 247 g/mol. The molecule has 5 nitrogen and oxygen atoms in total. The third-order valence-electron chi connectivity index (χ3n) is 2.60. The highest BCUT2D eigenvalue weighted by Gasteiger charge is 2.24. The normalized spacial score (nSPS) is 17.3. The van der Waals surface area contributed by atoms with Crippen LogP contribution in [-0.4, -0.2) is 63.9 Å². The van der Waals surface area contributed by atoms with Crippen LogP contribution in [0.2, 0.25) is 0 Å². The summed E-state index contributed by atoms with van der Waals surface area (Å²) in [4.78, 5) is 0. The molecule has 0 aromatic heterocycles. The molecule has 0 radical (unpaired) electrons. The first-order valence-corrected chi connectivity index (χ1v) is 6.38. The Morgan fingerprint density at radius 3 is 2.59 bits per heavy atom. The molecule has 5 heteroatoms. The van der Waals surface area contributed by atoms with Crippen LogP contribution in [0.3, 0.4) is 0 Å². The van der Waals surface area contributed by atoms with Gasteiger partial charge in [-0.2, -0.15) is 0 Å². The van der Waals surface area contributed by atoms with E-state index in [4.69, 9.17) is 19.3 Å². The van der Waals surface area contributed by atoms with Crippen LogP contribution in [0.1, 0.15) is 19.3 Å². The molecular weight excluding hydrogens is 222 g/mol. The van der Waals surface area contributed by atoms with Gasteiger partial charge < -0.3 is 24.6 Å². The van der Waals surface area contributed by atoms with Crippen molar-refractivity contribution in [2.75, 3.05) is 46.8 Å². The van der Waals surface area contributed by atoms with Crippen molar-refractivity contribution in [3.05, 3.63) is 0 Å². The van der Waals surface area contributed by atoms with E-state index in [2.05, 4.69) is 5.32 Å². The first kappa shape index (κ1) is 14.9. The third kappa shape index (κ3) is 8.51. The van der Waals surface area contributed by atoms with Crippen molar-refractivity contribution in [1.82, 2.24) is 5.32 Å². The smallest absolute Gasteiger partial charge is 0.0701 e. The van der Waals surface area contributed by atoms with E-state index in [1.807, 2.05) is 0 Å². The zero-order valence-corrected chi connectivity index (χ0v) is 10.7. The minimum atomic E-state index is 0.0657. The Hall–Kier alpha value is -0.200. The highest BCUT2D eigenvalue weighted by Crippen LogP contribution is 2.19. The van der Waals surface area contributed by atoms with E-state index in [1.54, 1.807) is 7.11 Å². The van der Waals surface area contributed by atoms with Crippen molar-refractivity contribution >= 4 is 0 Å². The first-order chi connectivity index (χ1) is 8.36. The number of nitrogens with one attached hydrogen (secondary N) is 1. The lowest BCUT2D eigenvalue weighted by Gasteiger charge is -2.15. The predicted octanol–water partition coefficient (Wildman–Crippen LogP) is 0.169. The van der Waals surface area contributed by atoms with E-state index in [1.165, 1.54) is 12.8 Å². The number of ether oxygens (including phenoxy) is 3. The molecule has 1 fully saturated rings. The Kier molecular flexibility index (Phi) is 8.56. The van der Waals surface area contributed by atoms with Gasteiger partial charge in [0, 0.05) is 26.4 Å². The van der Waals surface area contributed by atoms with Crippen LogP contribution in [-0.2, 0) is 14.2 Å². The molecule has 1 aliphatic rings. The van der Waals surface area contributed by atoms with Gasteiger partial charge in [-0.3, -0.25) is 0 Å². The number of rotatable bonds is 12. The largest absolute Gasteiger partial charge is 0.395 e. The Balaban J connectivity index is 1.81. The molecule has 0 aliphatic heterocycles. The fourth-order valence-electron chi connectivity index (χ4n) is 1.49. The molecular formula is C12H25NO4. The van der Waals surface area contributed by atoms with Crippen molar-refractivity contribution < 1.29 is 19.3 Å². The molecule has 0 aromatic carbocycles. The summed E-state index contributed by atoms with van der Waals surface area (Å²) in [6, 6.07) is 0.664. The standard InChI is InChI=1S/C12H25NO4/c1-15-5-2-6-16-7-8-17-10-12(9-14)13-11-3-4-11/h11-14H,2-10H2,1H3. The van der Waals surface area contributed by atoms with Crippen LogP contribution in [0.25, 0.3) is 0 Å². The monoisotopic (exact) mass is 247 g/mol. The molecule has 0 spiro atoms. The van der Waals surface area contributed by atoms with Crippen molar-refractivity contribution in [3.8, 4) is 0 Å². The highest BCUT2D eigenvalue weighted by molar-refractivity contribution is 4.84. The van der Waals surface area contributed by atoms with Crippen LogP contribution in [0.4, 0.5) is 0 Å². The van der Waals surface area contributed by atoms with Gasteiger partial charge in [0.1, 0.15) is 0 Å². The quantitative estimate of drug-likeness (QED) is 0.481. The highest BCUT2D eigenvalue weighted by atomic mass is 16.5. The topological polar surface area (TPSA) is 60.0 Å². The van der Waals surface area contributed by atoms with Crippen LogP contribution in [0, 0.1) is 0 Å². The van der Waals surface area contributed by atoms with Gasteiger partial charge in [0.25, 0.3) is 0 Å². The molecule has 0 saturated heterocycles. The summed E-state index contributed by atoms with van der Waals surface area (Å²) in [5.41, 5.74) is 0. The third-order valence-corrected chi connectivity index (χ3v) is 2.60. The number of hydrogen-bond donors (Lipinski definition) is 2. The van der Waals surface area contributed by atoms with Gasteiger partial charge in [-0.15, -0.1) is 0 Å². The summed E-state index contributed by atoms with van der Waals surface area (Å²) in [6.07, 6.45) is 3.36. The van der Waals surface area contributed by atoms with Gasteiger partial charge in [0.05, 0.1) is 32.5 Å². The summed E-state index contributed by atoms with van der Waals surface area (Å²) >= 11 is 0. The summed E-state index contributed by atoms with van der Waals surface area (Å²) < 4.78 is 15.7. The second-order valence-corrected chi connectivity index (χ2v) is 4.35. The first-order valence-electron chi connectivity index (χ1n) is 6.38. The van der Waals surface area contributed by atoms with E-state index in [9.17, 15) is 0 Å². The molecule has 1 aliphatic carbocycles. The fourth-order valence-corrected chi connectivity index (χ4v) is 1.49. The summed E-state index contributed by atoms with van der Waals surface area (Å²) in [5, 5.41) is 12.4. The van der Waals surface area contributed by atoms with Crippen LogP contribution in [0.15, 0.2) is 0 Å². The zero-order chi connectivity index (χ0) is 12.3. The van der Waals surface area contributed by atoms with Crippen molar-refractivity contribution in [2.24, 2.45) is 0 Å². The fraction of sp³-hybridized carbons (Fsp3) is 1.00. The van der Waals surface area contributed by atoms with Crippen LogP contribution in [0.5, 0.6) is 0 Å². The van der Waals surface area contributed by atoms with E-state index in [0.717, 1.165) is 13.0 Å². The molecule has 17 heavy (non-hydrogen) atoms. The van der Waals surface area contributed by atoms with Crippen molar-refractivity contribution in [2.45, 2.75) is 31.3 Å². The second-order valence-electron chi connectivity index (χ2n) is 4.35. The number of aliphatic hydroxyl groups is 1. The Bertz CT molecular complexity index is 176. The zero-order valence-electron chi connectivity index (χ0n) is 10.7. The number of methoxy groups -OCH3 is 1. The molecule has 0 heterocycles. The van der Waals surface area contributed by atoms with E-state index in [0.29, 0.717) is 32.5 Å². The van der Waals surface area contributed by atoms with Crippen LogP contribution >= 0.6 is 0 Å². The Morgan fingerprint density at radius 2 is 1.94 bits per heavy atom. The van der Waals surface area contributed by atoms with Gasteiger partial charge in [-0.25, -0.2) is 0 Å². The molecule has 0 aromatic rings. The lowest BCUT2D eigenvalue weighted by Crippen LogP contribution is -2.38. The lowest BCUT2D eigenvalue weighted by molar-refractivity contribution is 0.0262. The molecule has 0 bridgehead atoms. The van der Waals surface area contributed by atoms with E-state index < -0.39 is 0 Å². The maximum absolute atomic E-state index is 9.11. The van der Waals surface area contributed by atoms with E-state index >= 15 is 0 Å². The average Bonchev–Trinajstić information content (AvgIpc) is 3.15. The van der Waals surface area contributed by atoms with Crippen molar-refractivity contribution in [3.63, 3.8) is 0 Å². The van der Waals surface area contributed by atoms with Crippen molar-refractivity contribution in [1.29, 1.82) is 0 Å². The summed E-state index contributed by atoms with van der Waals surface area (Å²) in [7, 11) is 1.69. The minimum Gasteiger partial charge on any atom is -0.395 e. The second kappa shape index (κ2) is 9.79. The van der Waals surface area contributed by atoms with Gasteiger partial charge >= 0.3 is 0 Å². The molecule has 102 valence electrons.